The van der Waals surface area contributed by atoms with E-state index in [2.05, 4.69) is 5.32 Å². The quantitative estimate of drug-likeness (QED) is 0.813. The van der Waals surface area contributed by atoms with Gasteiger partial charge in [-0.05, 0) is 31.9 Å². The van der Waals surface area contributed by atoms with Gasteiger partial charge in [-0.3, -0.25) is 4.79 Å². The molecule has 21 heavy (non-hydrogen) atoms. The van der Waals surface area contributed by atoms with Crippen LogP contribution in [0.3, 0.4) is 0 Å². The van der Waals surface area contributed by atoms with Crippen molar-refractivity contribution in [2.75, 3.05) is 6.54 Å². The Hall–Kier alpha value is -1.62. The van der Waals surface area contributed by atoms with Crippen LogP contribution in [-0.2, 0) is 4.79 Å². The van der Waals surface area contributed by atoms with Crippen molar-refractivity contribution in [3.63, 3.8) is 0 Å². The Morgan fingerprint density at radius 2 is 2.14 bits per heavy atom. The van der Waals surface area contributed by atoms with Crippen LogP contribution in [0.1, 0.15) is 34.1 Å². The molecule has 0 spiro atoms. The fraction of sp³-hybridized carbons (Fsp3) is 0.562. The molecule has 0 aliphatic heterocycles. The number of ether oxygens (including phenoxy) is 1. The Morgan fingerprint density at radius 1 is 1.48 bits per heavy atom. The maximum atomic E-state index is 13.0. The number of amides is 1. The van der Waals surface area contributed by atoms with E-state index in [1.54, 1.807) is 19.9 Å². The lowest BCUT2D eigenvalue weighted by Crippen LogP contribution is -2.48. The summed E-state index contributed by atoms with van der Waals surface area (Å²) in [5, 5.41) is 12.9. The van der Waals surface area contributed by atoms with Crippen LogP contribution in [-0.4, -0.2) is 29.3 Å². The van der Waals surface area contributed by atoms with E-state index in [1.165, 1.54) is 18.2 Å². The van der Waals surface area contributed by atoms with Gasteiger partial charge in [0.05, 0.1) is 5.60 Å². The zero-order valence-corrected chi connectivity index (χ0v) is 13.0. The minimum Gasteiger partial charge on any atom is -0.481 e. The van der Waals surface area contributed by atoms with Gasteiger partial charge in [-0.1, -0.05) is 26.3 Å². The number of carbonyl (C=O) groups is 1. The molecule has 3 unspecified atom stereocenters. The van der Waals surface area contributed by atoms with Crippen LogP contribution in [0.25, 0.3) is 0 Å². The van der Waals surface area contributed by atoms with Crippen molar-refractivity contribution in [3.8, 4) is 5.75 Å². The van der Waals surface area contributed by atoms with E-state index in [9.17, 15) is 14.3 Å². The van der Waals surface area contributed by atoms with Crippen LogP contribution in [0.4, 0.5) is 4.39 Å². The lowest BCUT2D eigenvalue weighted by atomic mass is 9.88. The molecule has 0 bridgehead atoms. The molecule has 0 heterocycles. The zero-order chi connectivity index (χ0) is 16.0. The lowest BCUT2D eigenvalue weighted by molar-refractivity contribution is -0.128. The number of hydrogen-bond donors (Lipinski definition) is 2. The summed E-state index contributed by atoms with van der Waals surface area (Å²) in [7, 11) is 0. The van der Waals surface area contributed by atoms with Crippen molar-refractivity contribution < 1.29 is 19.0 Å². The van der Waals surface area contributed by atoms with Gasteiger partial charge in [0.25, 0.3) is 5.91 Å². The van der Waals surface area contributed by atoms with Crippen molar-refractivity contribution in [2.45, 2.75) is 45.8 Å². The van der Waals surface area contributed by atoms with Gasteiger partial charge in [0.2, 0.25) is 0 Å². The number of rotatable bonds is 7. The highest BCUT2D eigenvalue weighted by atomic mass is 19.1. The number of benzene rings is 1. The largest absolute Gasteiger partial charge is 0.481 e. The molecule has 0 aliphatic carbocycles. The van der Waals surface area contributed by atoms with E-state index in [0.29, 0.717) is 5.75 Å². The van der Waals surface area contributed by atoms with E-state index in [0.717, 1.165) is 6.42 Å². The van der Waals surface area contributed by atoms with Crippen LogP contribution in [0.5, 0.6) is 5.75 Å². The third kappa shape index (κ3) is 5.34. The summed E-state index contributed by atoms with van der Waals surface area (Å²) in [5.74, 6) is -0.397. The highest BCUT2D eigenvalue weighted by Crippen LogP contribution is 2.19. The van der Waals surface area contributed by atoms with Gasteiger partial charge in [0.15, 0.2) is 6.10 Å². The topological polar surface area (TPSA) is 58.6 Å². The summed E-state index contributed by atoms with van der Waals surface area (Å²) in [6.07, 6.45) is 0.0534. The average molecular weight is 297 g/mol. The first kappa shape index (κ1) is 17.4. The molecule has 1 amide bonds. The molecule has 0 radical (unpaired) electrons. The molecule has 1 aromatic carbocycles. The highest BCUT2D eigenvalue weighted by molar-refractivity contribution is 5.80. The number of hydrogen-bond acceptors (Lipinski definition) is 3. The number of nitrogens with one attached hydrogen (secondary N) is 1. The monoisotopic (exact) mass is 297 g/mol. The molecule has 1 aromatic rings. The minimum atomic E-state index is -0.969. The van der Waals surface area contributed by atoms with Crippen molar-refractivity contribution in [1.29, 1.82) is 0 Å². The van der Waals surface area contributed by atoms with Crippen LogP contribution < -0.4 is 10.1 Å². The molecular weight excluding hydrogens is 273 g/mol. The van der Waals surface area contributed by atoms with Crippen molar-refractivity contribution >= 4 is 5.91 Å². The van der Waals surface area contributed by atoms with E-state index in [4.69, 9.17) is 4.74 Å². The summed E-state index contributed by atoms with van der Waals surface area (Å²) in [4.78, 5) is 11.9. The van der Waals surface area contributed by atoms with Gasteiger partial charge < -0.3 is 15.2 Å². The van der Waals surface area contributed by atoms with Crippen molar-refractivity contribution in [1.82, 2.24) is 5.32 Å². The molecule has 0 saturated heterocycles. The molecular formula is C16H24FNO3. The summed E-state index contributed by atoms with van der Waals surface area (Å²) in [6.45, 7) is 7.34. The Kier molecular flexibility index (Phi) is 6.15. The maximum Gasteiger partial charge on any atom is 0.260 e. The molecule has 3 atom stereocenters. The first-order chi connectivity index (χ1) is 9.76. The number of carbonyl (C=O) groups excluding carboxylic acids is 1. The van der Waals surface area contributed by atoms with Crippen LogP contribution in [0, 0.1) is 11.7 Å². The fourth-order valence-electron chi connectivity index (χ4n) is 1.82. The second kappa shape index (κ2) is 7.41. The third-order valence-electron chi connectivity index (χ3n) is 3.77. The van der Waals surface area contributed by atoms with Gasteiger partial charge in [0.1, 0.15) is 11.6 Å². The van der Waals surface area contributed by atoms with Gasteiger partial charge in [0, 0.05) is 12.6 Å². The maximum absolute atomic E-state index is 13.0. The molecule has 0 aromatic heterocycles. The predicted molar refractivity (Wildman–Crippen MR) is 79.6 cm³/mol. The molecule has 118 valence electrons. The average Bonchev–Trinajstić information content (AvgIpc) is 2.43. The van der Waals surface area contributed by atoms with Crippen molar-refractivity contribution in [3.05, 3.63) is 30.1 Å². The minimum absolute atomic E-state index is 0.0669. The smallest absolute Gasteiger partial charge is 0.260 e. The normalized spacial score (nSPS) is 16.7. The highest BCUT2D eigenvalue weighted by Gasteiger charge is 2.28. The van der Waals surface area contributed by atoms with Gasteiger partial charge in [-0.15, -0.1) is 0 Å². The van der Waals surface area contributed by atoms with E-state index in [1.807, 2.05) is 13.8 Å². The van der Waals surface area contributed by atoms with Crippen molar-refractivity contribution in [2.24, 2.45) is 5.92 Å². The van der Waals surface area contributed by atoms with E-state index in [-0.39, 0.29) is 18.4 Å². The Balaban J connectivity index is 2.52. The van der Waals surface area contributed by atoms with Gasteiger partial charge >= 0.3 is 0 Å². The third-order valence-corrected chi connectivity index (χ3v) is 3.77. The fourth-order valence-corrected chi connectivity index (χ4v) is 1.82. The molecule has 4 nitrogen and oxygen atoms in total. The molecule has 5 heteroatoms. The SMILES string of the molecule is CCC(C)C(C)(O)CNC(=O)C(C)Oc1cccc(F)c1. The molecule has 0 saturated carbocycles. The Bertz CT molecular complexity index is 476. The molecule has 0 fully saturated rings. The summed E-state index contributed by atoms with van der Waals surface area (Å²) >= 11 is 0. The van der Waals surface area contributed by atoms with Crippen LogP contribution in [0.2, 0.25) is 0 Å². The Morgan fingerprint density at radius 3 is 2.71 bits per heavy atom. The second-order valence-electron chi connectivity index (χ2n) is 5.60. The summed E-state index contributed by atoms with van der Waals surface area (Å²) in [5.41, 5.74) is -0.969. The molecule has 2 N–H and O–H groups in total. The van der Waals surface area contributed by atoms with E-state index >= 15 is 0 Å². The number of halogens is 1. The molecule has 1 rings (SSSR count). The second-order valence-corrected chi connectivity index (χ2v) is 5.60. The first-order valence-corrected chi connectivity index (χ1v) is 7.18. The van der Waals surface area contributed by atoms with Gasteiger partial charge in [-0.2, -0.15) is 0 Å². The van der Waals surface area contributed by atoms with Crippen LogP contribution >= 0.6 is 0 Å². The first-order valence-electron chi connectivity index (χ1n) is 7.18. The lowest BCUT2D eigenvalue weighted by Gasteiger charge is -2.30. The van der Waals surface area contributed by atoms with Crippen LogP contribution in [0.15, 0.2) is 24.3 Å². The standard InChI is InChI=1S/C16H24FNO3/c1-5-11(2)16(4,20)10-18-15(19)12(3)21-14-8-6-7-13(17)9-14/h6-9,11-12,20H,5,10H2,1-4H3,(H,18,19). The van der Waals surface area contributed by atoms with E-state index < -0.39 is 17.5 Å². The van der Waals surface area contributed by atoms with Gasteiger partial charge in [-0.25, -0.2) is 4.39 Å². The number of aliphatic hydroxyl groups is 1. The predicted octanol–water partition coefficient (Wildman–Crippen LogP) is 2.51. The zero-order valence-electron chi connectivity index (χ0n) is 13.0. The summed E-state index contributed by atoms with van der Waals surface area (Å²) in [6, 6.07) is 5.63. The summed E-state index contributed by atoms with van der Waals surface area (Å²) < 4.78 is 18.4. The molecule has 0 aliphatic rings. The Labute approximate surface area is 125 Å².